The predicted octanol–water partition coefficient (Wildman–Crippen LogP) is 3.98. The van der Waals surface area contributed by atoms with Crippen molar-refractivity contribution in [3.05, 3.63) is 65.2 Å². The lowest BCUT2D eigenvalue weighted by Gasteiger charge is -2.27. The number of aliphatic hydroxyl groups is 1. The quantitative estimate of drug-likeness (QED) is 0.839. The highest BCUT2D eigenvalue weighted by molar-refractivity contribution is 5.30. The van der Waals surface area contributed by atoms with Gasteiger partial charge in [0.15, 0.2) is 0 Å². The van der Waals surface area contributed by atoms with Gasteiger partial charge in [-0.1, -0.05) is 50.2 Å². The van der Waals surface area contributed by atoms with Crippen molar-refractivity contribution in [1.82, 2.24) is 4.90 Å². The summed E-state index contributed by atoms with van der Waals surface area (Å²) in [6.45, 7) is 5.29. The van der Waals surface area contributed by atoms with Crippen LogP contribution in [0.15, 0.2) is 48.5 Å². The molecular weight excluding hydrogens is 286 g/mol. The van der Waals surface area contributed by atoms with E-state index in [0.29, 0.717) is 5.92 Å². The summed E-state index contributed by atoms with van der Waals surface area (Å²) < 4.78 is 5.19. The molecule has 23 heavy (non-hydrogen) atoms. The summed E-state index contributed by atoms with van der Waals surface area (Å²) in [7, 11) is 3.70. The third-order valence-electron chi connectivity index (χ3n) is 4.28. The molecule has 0 saturated carbocycles. The standard InChI is InChI=1S/C20H27NO2/c1-15(2)17-7-5-16(6-8-17)13-21(3)20(14-22)18-9-11-19(23-4)12-10-18/h5-12,15,20,22H,13-14H2,1-4H3. The zero-order valence-electron chi connectivity index (χ0n) is 14.5. The second-order valence-corrected chi connectivity index (χ2v) is 6.28. The molecule has 0 fully saturated rings. The molecule has 3 nitrogen and oxygen atoms in total. The van der Waals surface area contributed by atoms with Crippen LogP contribution in [-0.2, 0) is 6.54 Å². The average Bonchev–Trinajstić information content (AvgIpc) is 2.56. The van der Waals surface area contributed by atoms with Crippen molar-refractivity contribution >= 4 is 0 Å². The van der Waals surface area contributed by atoms with Crippen LogP contribution in [-0.4, -0.2) is 30.8 Å². The van der Waals surface area contributed by atoms with E-state index in [1.54, 1.807) is 7.11 Å². The molecule has 0 aliphatic heterocycles. The zero-order chi connectivity index (χ0) is 16.8. The van der Waals surface area contributed by atoms with Gasteiger partial charge < -0.3 is 9.84 Å². The summed E-state index contributed by atoms with van der Waals surface area (Å²) in [5.74, 6) is 1.38. The SMILES string of the molecule is COc1ccc(C(CO)N(C)Cc2ccc(C(C)C)cc2)cc1. The molecule has 0 aromatic heterocycles. The summed E-state index contributed by atoms with van der Waals surface area (Å²) in [5, 5.41) is 9.80. The van der Waals surface area contributed by atoms with Gasteiger partial charge in [0.2, 0.25) is 0 Å². The molecule has 0 saturated heterocycles. The van der Waals surface area contributed by atoms with Crippen LogP contribution in [0.1, 0.15) is 42.5 Å². The van der Waals surface area contributed by atoms with E-state index in [4.69, 9.17) is 4.74 Å². The molecule has 0 radical (unpaired) electrons. The Bertz CT molecular complexity index is 590. The maximum Gasteiger partial charge on any atom is 0.118 e. The fraction of sp³-hybridized carbons (Fsp3) is 0.400. The zero-order valence-corrected chi connectivity index (χ0v) is 14.5. The number of nitrogens with zero attached hydrogens (tertiary/aromatic N) is 1. The van der Waals surface area contributed by atoms with Gasteiger partial charge in [-0.25, -0.2) is 0 Å². The van der Waals surface area contributed by atoms with Crippen LogP contribution in [0.5, 0.6) is 5.75 Å². The summed E-state index contributed by atoms with van der Waals surface area (Å²) in [4.78, 5) is 2.17. The molecule has 1 unspecified atom stereocenters. The molecule has 2 aromatic carbocycles. The number of ether oxygens (including phenoxy) is 1. The van der Waals surface area contributed by atoms with Gasteiger partial charge in [-0.3, -0.25) is 4.90 Å². The van der Waals surface area contributed by atoms with Crippen LogP contribution in [0.4, 0.5) is 0 Å². The van der Waals surface area contributed by atoms with Crippen molar-refractivity contribution in [2.45, 2.75) is 32.4 Å². The van der Waals surface area contributed by atoms with Crippen LogP contribution in [0.3, 0.4) is 0 Å². The molecule has 0 aliphatic carbocycles. The number of benzene rings is 2. The minimum absolute atomic E-state index is 0.0225. The van der Waals surface area contributed by atoms with Crippen molar-refractivity contribution in [1.29, 1.82) is 0 Å². The first kappa shape index (κ1) is 17.5. The Kier molecular flexibility index (Phi) is 6.20. The first-order chi connectivity index (χ1) is 11.0. The van der Waals surface area contributed by atoms with E-state index < -0.39 is 0 Å². The summed E-state index contributed by atoms with van der Waals surface area (Å²) in [6, 6.07) is 16.6. The maximum atomic E-state index is 9.80. The third-order valence-corrected chi connectivity index (χ3v) is 4.28. The van der Waals surface area contributed by atoms with E-state index in [1.807, 2.05) is 31.3 Å². The summed E-state index contributed by atoms with van der Waals surface area (Å²) in [6.07, 6.45) is 0. The summed E-state index contributed by atoms with van der Waals surface area (Å²) in [5.41, 5.74) is 3.70. The molecule has 2 rings (SSSR count). The van der Waals surface area contributed by atoms with Crippen molar-refractivity contribution in [3.8, 4) is 5.75 Å². The summed E-state index contributed by atoms with van der Waals surface area (Å²) >= 11 is 0. The van der Waals surface area contributed by atoms with Crippen molar-refractivity contribution in [2.75, 3.05) is 20.8 Å². The van der Waals surface area contributed by atoms with Crippen molar-refractivity contribution in [2.24, 2.45) is 0 Å². The highest BCUT2D eigenvalue weighted by Gasteiger charge is 2.16. The lowest BCUT2D eigenvalue weighted by Crippen LogP contribution is -2.26. The molecule has 2 aromatic rings. The smallest absolute Gasteiger partial charge is 0.118 e. The first-order valence-electron chi connectivity index (χ1n) is 8.09. The Morgan fingerprint density at radius 1 is 0.957 bits per heavy atom. The number of aliphatic hydroxyl groups excluding tert-OH is 1. The molecule has 0 spiro atoms. The van der Waals surface area contributed by atoms with Crippen molar-refractivity contribution < 1.29 is 9.84 Å². The van der Waals surface area contributed by atoms with E-state index in [2.05, 4.69) is 43.0 Å². The molecule has 0 bridgehead atoms. The Labute approximate surface area is 139 Å². The number of likely N-dealkylation sites (N-methyl/N-ethyl adjacent to an activating group) is 1. The Morgan fingerprint density at radius 3 is 2.00 bits per heavy atom. The molecule has 0 amide bonds. The highest BCUT2D eigenvalue weighted by Crippen LogP contribution is 2.24. The van der Waals surface area contributed by atoms with Crippen LogP contribution in [0, 0.1) is 0 Å². The molecule has 124 valence electrons. The fourth-order valence-corrected chi connectivity index (χ4v) is 2.73. The molecule has 3 heteroatoms. The Morgan fingerprint density at radius 2 is 1.52 bits per heavy atom. The van der Waals surface area contributed by atoms with Gasteiger partial charge in [-0.05, 0) is 41.8 Å². The number of methoxy groups -OCH3 is 1. The first-order valence-corrected chi connectivity index (χ1v) is 8.09. The van der Waals surface area contributed by atoms with Crippen molar-refractivity contribution in [3.63, 3.8) is 0 Å². The van der Waals surface area contributed by atoms with Crippen LogP contribution >= 0.6 is 0 Å². The Hall–Kier alpha value is -1.84. The van der Waals surface area contributed by atoms with Crippen LogP contribution in [0.25, 0.3) is 0 Å². The van der Waals surface area contributed by atoms with E-state index in [-0.39, 0.29) is 12.6 Å². The minimum Gasteiger partial charge on any atom is -0.497 e. The van der Waals surface area contributed by atoms with Crippen LogP contribution < -0.4 is 4.74 Å². The predicted molar refractivity (Wildman–Crippen MR) is 94.8 cm³/mol. The fourth-order valence-electron chi connectivity index (χ4n) is 2.73. The normalized spacial score (nSPS) is 12.7. The lowest BCUT2D eigenvalue weighted by atomic mass is 10.0. The number of hydrogen-bond donors (Lipinski definition) is 1. The van der Waals surface area contributed by atoms with E-state index in [1.165, 1.54) is 11.1 Å². The maximum absolute atomic E-state index is 9.80. The van der Waals surface area contributed by atoms with E-state index in [0.717, 1.165) is 17.9 Å². The van der Waals surface area contributed by atoms with Crippen LogP contribution in [0.2, 0.25) is 0 Å². The molecule has 0 heterocycles. The largest absolute Gasteiger partial charge is 0.497 e. The number of hydrogen-bond acceptors (Lipinski definition) is 3. The van der Waals surface area contributed by atoms with E-state index in [9.17, 15) is 5.11 Å². The van der Waals surface area contributed by atoms with Gasteiger partial charge in [0.1, 0.15) is 5.75 Å². The topological polar surface area (TPSA) is 32.7 Å². The molecule has 1 N–H and O–H groups in total. The lowest BCUT2D eigenvalue weighted by molar-refractivity contribution is 0.142. The van der Waals surface area contributed by atoms with Gasteiger partial charge in [-0.15, -0.1) is 0 Å². The van der Waals surface area contributed by atoms with Gasteiger partial charge in [0.25, 0.3) is 0 Å². The Balaban J connectivity index is 2.08. The van der Waals surface area contributed by atoms with E-state index >= 15 is 0 Å². The molecule has 1 atom stereocenters. The second-order valence-electron chi connectivity index (χ2n) is 6.28. The monoisotopic (exact) mass is 313 g/mol. The minimum atomic E-state index is -0.0225. The van der Waals surface area contributed by atoms with Gasteiger partial charge in [0, 0.05) is 6.54 Å². The third kappa shape index (κ3) is 4.57. The molecular formula is C20H27NO2. The number of rotatable bonds is 7. The van der Waals surface area contributed by atoms with Gasteiger partial charge in [-0.2, -0.15) is 0 Å². The average molecular weight is 313 g/mol. The van der Waals surface area contributed by atoms with Gasteiger partial charge in [0.05, 0.1) is 19.8 Å². The van der Waals surface area contributed by atoms with Gasteiger partial charge >= 0.3 is 0 Å². The molecule has 0 aliphatic rings. The second kappa shape index (κ2) is 8.14. The highest BCUT2D eigenvalue weighted by atomic mass is 16.5.